The highest BCUT2D eigenvalue weighted by atomic mass is 16.5. The summed E-state index contributed by atoms with van der Waals surface area (Å²) in [5, 5.41) is 14.5. The van der Waals surface area contributed by atoms with Crippen LogP contribution in [0.15, 0.2) is 0 Å². The smallest absolute Gasteiger partial charge is 0.235 e. The molecular weight excluding hydrogens is 270 g/mol. The summed E-state index contributed by atoms with van der Waals surface area (Å²) in [6, 6.07) is 0.275. The Balaban J connectivity index is 2.74. The predicted octanol–water partition coefficient (Wildman–Crippen LogP) is 1.44. The van der Waals surface area contributed by atoms with E-state index in [-0.39, 0.29) is 29.8 Å². The van der Waals surface area contributed by atoms with E-state index in [1.807, 2.05) is 27.7 Å². The molecule has 6 nitrogen and oxygen atoms in total. The summed E-state index contributed by atoms with van der Waals surface area (Å²) in [5.41, 5.74) is -0.605. The minimum atomic E-state index is -0.303. The first-order valence-electron chi connectivity index (χ1n) is 7.63. The quantitative estimate of drug-likeness (QED) is 0.727. The molecule has 0 aromatic heterocycles. The first-order valence-corrected chi connectivity index (χ1v) is 7.63. The van der Waals surface area contributed by atoms with Crippen LogP contribution in [0, 0.1) is 0 Å². The van der Waals surface area contributed by atoms with Crippen LogP contribution in [0.1, 0.15) is 47.5 Å². The maximum Gasteiger partial charge on any atom is 0.235 e. The van der Waals surface area contributed by atoms with Crippen molar-refractivity contribution in [2.75, 3.05) is 26.9 Å². The maximum absolute atomic E-state index is 11.9. The van der Waals surface area contributed by atoms with Gasteiger partial charge in [0.1, 0.15) is 6.73 Å². The van der Waals surface area contributed by atoms with E-state index in [0.29, 0.717) is 6.54 Å². The van der Waals surface area contributed by atoms with Gasteiger partial charge in [-0.2, -0.15) is 5.06 Å². The Hall–Kier alpha value is -0.690. The van der Waals surface area contributed by atoms with Crippen LogP contribution in [0.5, 0.6) is 0 Å². The molecule has 1 saturated heterocycles. The van der Waals surface area contributed by atoms with Crippen LogP contribution in [0.25, 0.3) is 0 Å². The molecular formula is C15H31N3O3. The van der Waals surface area contributed by atoms with Crippen LogP contribution in [-0.4, -0.2) is 65.1 Å². The molecule has 21 heavy (non-hydrogen) atoms. The summed E-state index contributed by atoms with van der Waals surface area (Å²) in [5.74, 6) is -0.0271. The molecule has 0 atom stereocenters. The third-order valence-electron chi connectivity index (χ3n) is 4.30. The molecule has 1 rings (SSSR count). The first-order chi connectivity index (χ1) is 9.64. The van der Waals surface area contributed by atoms with E-state index < -0.39 is 0 Å². The number of hydrogen-bond donors (Lipinski definition) is 2. The molecule has 0 saturated carbocycles. The number of likely N-dealkylation sites (N-methyl/N-ethyl adjacent to an activating group) is 1. The van der Waals surface area contributed by atoms with Gasteiger partial charge in [0.2, 0.25) is 5.91 Å². The molecule has 0 aromatic carbocycles. The first kappa shape index (κ1) is 18.4. The molecule has 2 N–H and O–H groups in total. The number of ether oxygens (including phenoxy) is 1. The molecule has 0 bridgehead atoms. The van der Waals surface area contributed by atoms with Crippen molar-refractivity contribution in [3.63, 3.8) is 0 Å². The van der Waals surface area contributed by atoms with Gasteiger partial charge in [0.25, 0.3) is 0 Å². The lowest BCUT2D eigenvalue weighted by molar-refractivity contribution is -0.251. The summed E-state index contributed by atoms with van der Waals surface area (Å²) in [6.07, 6.45) is 1.66. The topological polar surface area (TPSA) is 65.0 Å². The molecule has 1 aliphatic heterocycles. The van der Waals surface area contributed by atoms with Crippen LogP contribution < -0.4 is 5.32 Å². The Morgan fingerprint density at radius 2 is 1.86 bits per heavy atom. The van der Waals surface area contributed by atoms with Crippen molar-refractivity contribution in [2.45, 2.75) is 64.6 Å². The molecule has 1 amide bonds. The number of amides is 1. The molecule has 1 heterocycles. The lowest BCUT2D eigenvalue weighted by Crippen LogP contribution is -2.63. The molecule has 124 valence electrons. The van der Waals surface area contributed by atoms with E-state index in [4.69, 9.17) is 4.74 Å². The van der Waals surface area contributed by atoms with Gasteiger partial charge < -0.3 is 15.3 Å². The van der Waals surface area contributed by atoms with Gasteiger partial charge in [-0.05, 0) is 47.1 Å². The molecule has 1 fully saturated rings. The second-order valence-corrected chi connectivity index (χ2v) is 7.09. The van der Waals surface area contributed by atoms with Crippen LogP contribution >= 0.6 is 0 Å². The average molecular weight is 301 g/mol. The number of piperidine rings is 1. The number of nitrogens with one attached hydrogen (secondary N) is 1. The Kier molecular flexibility index (Phi) is 6.16. The van der Waals surface area contributed by atoms with Gasteiger partial charge in [-0.15, -0.1) is 0 Å². The molecule has 1 aliphatic rings. The van der Waals surface area contributed by atoms with Gasteiger partial charge in [0.15, 0.2) is 0 Å². The number of carbonyl (C=O) groups excluding carboxylic acids is 1. The van der Waals surface area contributed by atoms with E-state index in [1.54, 1.807) is 7.11 Å². The summed E-state index contributed by atoms with van der Waals surface area (Å²) < 4.78 is 4.86. The molecule has 0 aromatic rings. The van der Waals surface area contributed by atoms with E-state index >= 15 is 0 Å². The highest BCUT2D eigenvalue weighted by Gasteiger charge is 2.46. The van der Waals surface area contributed by atoms with Crippen LogP contribution in [0.4, 0.5) is 0 Å². The van der Waals surface area contributed by atoms with Crippen molar-refractivity contribution < 1.29 is 14.7 Å². The fourth-order valence-corrected chi connectivity index (χ4v) is 3.37. The highest BCUT2D eigenvalue weighted by molar-refractivity contribution is 5.77. The number of hydrogen-bond acceptors (Lipinski definition) is 5. The van der Waals surface area contributed by atoms with Gasteiger partial charge in [-0.25, -0.2) is 0 Å². The van der Waals surface area contributed by atoms with Crippen LogP contribution in [-0.2, 0) is 9.53 Å². The minimum Gasteiger partial charge on any atom is -0.364 e. The van der Waals surface area contributed by atoms with Crippen LogP contribution in [0.3, 0.4) is 0 Å². The monoisotopic (exact) mass is 301 g/mol. The molecule has 0 radical (unpaired) electrons. The van der Waals surface area contributed by atoms with E-state index in [2.05, 4.69) is 17.1 Å². The maximum atomic E-state index is 11.9. The number of hydroxylamine groups is 2. The summed E-state index contributed by atoms with van der Waals surface area (Å²) in [6.45, 7) is 11.6. The minimum absolute atomic E-state index is 0.0271. The van der Waals surface area contributed by atoms with Crippen molar-refractivity contribution in [3.8, 4) is 0 Å². The molecule has 0 spiro atoms. The summed E-state index contributed by atoms with van der Waals surface area (Å²) in [7, 11) is 1.56. The van der Waals surface area contributed by atoms with Crippen molar-refractivity contribution in [1.29, 1.82) is 0 Å². The van der Waals surface area contributed by atoms with Crippen molar-refractivity contribution in [3.05, 3.63) is 0 Å². The zero-order valence-electron chi connectivity index (χ0n) is 14.3. The van der Waals surface area contributed by atoms with Gasteiger partial charge in [-0.3, -0.25) is 9.69 Å². The van der Waals surface area contributed by atoms with Gasteiger partial charge in [0, 0.05) is 24.2 Å². The highest BCUT2D eigenvalue weighted by Crippen LogP contribution is 2.38. The second-order valence-electron chi connectivity index (χ2n) is 7.09. The Morgan fingerprint density at radius 3 is 2.29 bits per heavy atom. The fourth-order valence-electron chi connectivity index (χ4n) is 3.37. The van der Waals surface area contributed by atoms with Crippen LogP contribution in [0.2, 0.25) is 0 Å². The van der Waals surface area contributed by atoms with E-state index in [1.165, 1.54) is 5.06 Å². The number of methoxy groups -OCH3 is 1. The number of carbonyl (C=O) groups is 1. The predicted molar refractivity (Wildman–Crippen MR) is 82.1 cm³/mol. The van der Waals surface area contributed by atoms with E-state index in [9.17, 15) is 10.0 Å². The van der Waals surface area contributed by atoms with Crippen molar-refractivity contribution >= 4 is 5.91 Å². The number of rotatable bonds is 6. The lowest BCUT2D eigenvalue weighted by Gasteiger charge is -2.53. The lowest BCUT2D eigenvalue weighted by atomic mass is 9.78. The average Bonchev–Trinajstić information content (AvgIpc) is 2.39. The zero-order chi connectivity index (χ0) is 16.3. The number of nitrogens with zero attached hydrogens (tertiary/aromatic N) is 2. The summed E-state index contributed by atoms with van der Waals surface area (Å²) >= 11 is 0. The third-order valence-corrected chi connectivity index (χ3v) is 4.30. The zero-order valence-corrected chi connectivity index (χ0v) is 14.3. The van der Waals surface area contributed by atoms with Crippen molar-refractivity contribution in [2.24, 2.45) is 0 Å². The molecule has 0 aliphatic carbocycles. The molecule has 6 heteroatoms. The molecule has 0 unspecified atom stereocenters. The van der Waals surface area contributed by atoms with Gasteiger partial charge >= 0.3 is 0 Å². The third kappa shape index (κ3) is 4.64. The van der Waals surface area contributed by atoms with Gasteiger partial charge in [-0.1, -0.05) is 6.92 Å². The normalized spacial score (nSPS) is 22.5. The largest absolute Gasteiger partial charge is 0.364 e. The van der Waals surface area contributed by atoms with E-state index in [0.717, 1.165) is 19.4 Å². The Bertz CT molecular complexity index is 340. The Labute approximate surface area is 128 Å². The van der Waals surface area contributed by atoms with Crippen molar-refractivity contribution in [1.82, 2.24) is 15.3 Å². The second kappa shape index (κ2) is 7.05. The standard InChI is InChI=1S/C15H31N3O3/c1-7-17(10-13(19)16-11-21-6)12-8-14(2,3)18(20)15(4,5)9-12/h12,20H,7-11H2,1-6H3,(H,16,19). The fraction of sp³-hybridized carbons (Fsp3) is 0.933. The van der Waals surface area contributed by atoms with Gasteiger partial charge in [0.05, 0.1) is 6.54 Å². The summed E-state index contributed by atoms with van der Waals surface area (Å²) in [4.78, 5) is 14.1. The SMILES string of the molecule is CCN(CC(=O)NCOC)C1CC(C)(C)N(O)C(C)(C)C1. The Morgan fingerprint density at radius 1 is 1.33 bits per heavy atom.